The third-order valence-electron chi connectivity index (χ3n) is 2.42. The Labute approximate surface area is 117 Å². The lowest BCUT2D eigenvalue weighted by Gasteiger charge is -2.22. The van der Waals surface area contributed by atoms with E-state index in [0.717, 1.165) is 6.07 Å². The molecule has 4 nitrogen and oxygen atoms in total. The number of nitrogens with one attached hydrogen (secondary N) is 1. The zero-order valence-corrected chi connectivity index (χ0v) is 12.7. The summed E-state index contributed by atoms with van der Waals surface area (Å²) >= 11 is 1.42. The molecule has 0 bridgehead atoms. The van der Waals surface area contributed by atoms with Gasteiger partial charge in [-0.1, -0.05) is 0 Å². The van der Waals surface area contributed by atoms with Gasteiger partial charge in [0.1, 0.15) is 5.82 Å². The van der Waals surface area contributed by atoms with Gasteiger partial charge in [-0.15, -0.1) is 0 Å². The number of hydrogen-bond donors (Lipinski definition) is 2. The van der Waals surface area contributed by atoms with Crippen molar-refractivity contribution in [2.75, 3.05) is 18.6 Å². The molecule has 19 heavy (non-hydrogen) atoms. The molecule has 0 amide bonds. The summed E-state index contributed by atoms with van der Waals surface area (Å²) in [5, 5.41) is 9.91. The molecule has 7 heteroatoms. The van der Waals surface area contributed by atoms with E-state index in [4.69, 9.17) is 0 Å². The molecule has 0 fully saturated rings. The van der Waals surface area contributed by atoms with Crippen molar-refractivity contribution in [3.8, 4) is 0 Å². The highest BCUT2D eigenvalue weighted by atomic mass is 32.2. The first kappa shape index (κ1) is 16.4. The van der Waals surface area contributed by atoms with E-state index in [2.05, 4.69) is 4.72 Å². The smallest absolute Gasteiger partial charge is 0.240 e. The Morgan fingerprint density at radius 2 is 2.05 bits per heavy atom. The van der Waals surface area contributed by atoms with Crippen molar-refractivity contribution >= 4 is 21.8 Å². The van der Waals surface area contributed by atoms with Gasteiger partial charge < -0.3 is 5.11 Å². The number of thioether (sulfide) groups is 1. The van der Waals surface area contributed by atoms with Crippen molar-refractivity contribution in [1.82, 2.24) is 4.72 Å². The first-order valence-electron chi connectivity index (χ1n) is 5.64. The summed E-state index contributed by atoms with van der Waals surface area (Å²) in [6.45, 7) is 3.04. The molecule has 1 atom stereocenters. The predicted molar refractivity (Wildman–Crippen MR) is 75.3 cm³/mol. The molecule has 0 saturated heterocycles. The van der Waals surface area contributed by atoms with Crippen LogP contribution in [0, 0.1) is 12.7 Å². The molecule has 0 aliphatic heterocycles. The molecule has 0 aliphatic rings. The third-order valence-corrected chi connectivity index (χ3v) is 4.72. The number of hydrogen-bond acceptors (Lipinski definition) is 4. The molecule has 2 N–H and O–H groups in total. The van der Waals surface area contributed by atoms with Gasteiger partial charge in [-0.25, -0.2) is 17.5 Å². The summed E-state index contributed by atoms with van der Waals surface area (Å²) in [5.41, 5.74) is -0.620. The Morgan fingerprint density at radius 3 is 2.58 bits per heavy atom. The standard InChI is InChI=1S/C12H18FNO3S2/c1-9-4-10(13)6-11(5-9)19(16,17)14-7-12(2,15)8-18-3/h4-6,14-15H,7-8H2,1-3H3/t12-/m0/s1. The minimum atomic E-state index is -3.82. The maximum absolute atomic E-state index is 13.2. The van der Waals surface area contributed by atoms with E-state index < -0.39 is 21.4 Å². The van der Waals surface area contributed by atoms with Gasteiger partial charge in [0.25, 0.3) is 0 Å². The van der Waals surface area contributed by atoms with Crippen molar-refractivity contribution in [2.45, 2.75) is 24.3 Å². The number of benzene rings is 1. The molecule has 0 radical (unpaired) electrons. The first-order valence-corrected chi connectivity index (χ1v) is 8.52. The van der Waals surface area contributed by atoms with E-state index in [1.165, 1.54) is 23.9 Å². The lowest BCUT2D eigenvalue weighted by atomic mass is 10.1. The molecule has 0 unspecified atom stereocenters. The molecule has 0 aromatic heterocycles. The van der Waals surface area contributed by atoms with Gasteiger partial charge in [-0.2, -0.15) is 11.8 Å². The van der Waals surface area contributed by atoms with Crippen LogP contribution in [-0.2, 0) is 10.0 Å². The van der Waals surface area contributed by atoms with Crippen LogP contribution in [0.15, 0.2) is 23.1 Å². The molecule has 1 aromatic carbocycles. The second-order valence-corrected chi connectivity index (χ2v) is 7.35. The third kappa shape index (κ3) is 5.10. The fraction of sp³-hybridized carbons (Fsp3) is 0.500. The van der Waals surface area contributed by atoms with Crippen LogP contribution in [0.3, 0.4) is 0 Å². The zero-order chi connectivity index (χ0) is 14.7. The van der Waals surface area contributed by atoms with E-state index in [1.54, 1.807) is 13.8 Å². The van der Waals surface area contributed by atoms with E-state index in [0.29, 0.717) is 11.3 Å². The average Bonchev–Trinajstić information content (AvgIpc) is 2.25. The summed E-state index contributed by atoms with van der Waals surface area (Å²) in [5.74, 6) is -0.200. The van der Waals surface area contributed by atoms with Crippen molar-refractivity contribution in [3.05, 3.63) is 29.6 Å². The Morgan fingerprint density at radius 1 is 1.42 bits per heavy atom. The van der Waals surface area contributed by atoms with E-state index in [1.807, 2.05) is 6.26 Å². The predicted octanol–water partition coefficient (Wildman–Crippen LogP) is 1.53. The molecule has 0 heterocycles. The largest absolute Gasteiger partial charge is 0.388 e. The molecule has 1 aromatic rings. The van der Waals surface area contributed by atoms with Gasteiger partial charge in [0.2, 0.25) is 10.0 Å². The highest BCUT2D eigenvalue weighted by Crippen LogP contribution is 2.15. The molecule has 108 valence electrons. The van der Waals surface area contributed by atoms with Crippen LogP contribution in [0.4, 0.5) is 4.39 Å². The summed E-state index contributed by atoms with van der Waals surface area (Å²) in [7, 11) is -3.82. The number of halogens is 1. The molecular weight excluding hydrogens is 289 g/mol. The Bertz CT molecular complexity index is 524. The maximum Gasteiger partial charge on any atom is 0.240 e. The van der Waals surface area contributed by atoms with Crippen LogP contribution in [0.1, 0.15) is 12.5 Å². The van der Waals surface area contributed by atoms with Crippen LogP contribution in [0.2, 0.25) is 0 Å². The lowest BCUT2D eigenvalue weighted by molar-refractivity contribution is 0.0908. The minimum Gasteiger partial charge on any atom is -0.388 e. The monoisotopic (exact) mass is 307 g/mol. The number of aliphatic hydroxyl groups is 1. The average molecular weight is 307 g/mol. The Hall–Kier alpha value is -0.630. The van der Waals surface area contributed by atoms with Gasteiger partial charge >= 0.3 is 0 Å². The number of sulfonamides is 1. The highest BCUT2D eigenvalue weighted by Gasteiger charge is 2.24. The topological polar surface area (TPSA) is 66.4 Å². The first-order chi connectivity index (χ1) is 8.66. The van der Waals surface area contributed by atoms with Crippen LogP contribution in [-0.4, -0.2) is 37.7 Å². The second kappa shape index (κ2) is 6.21. The SMILES string of the molecule is CSC[C@@](C)(O)CNS(=O)(=O)c1cc(C)cc(F)c1. The zero-order valence-electron chi connectivity index (χ0n) is 11.1. The normalized spacial score (nSPS) is 15.2. The minimum absolute atomic E-state index is 0.119. The quantitative estimate of drug-likeness (QED) is 0.836. The van der Waals surface area contributed by atoms with E-state index in [9.17, 15) is 17.9 Å². The van der Waals surface area contributed by atoms with Crippen molar-refractivity contribution < 1.29 is 17.9 Å². The van der Waals surface area contributed by atoms with E-state index >= 15 is 0 Å². The van der Waals surface area contributed by atoms with Gasteiger partial charge in [-0.3, -0.25) is 0 Å². The summed E-state index contributed by atoms with van der Waals surface area (Å²) < 4.78 is 39.5. The fourth-order valence-corrected chi connectivity index (χ4v) is 3.55. The van der Waals surface area contributed by atoms with Crippen LogP contribution < -0.4 is 4.72 Å². The molecular formula is C12H18FNO3S2. The van der Waals surface area contributed by atoms with E-state index in [-0.39, 0.29) is 11.4 Å². The molecule has 0 aliphatic carbocycles. The van der Waals surface area contributed by atoms with Crippen molar-refractivity contribution in [2.24, 2.45) is 0 Å². The highest BCUT2D eigenvalue weighted by molar-refractivity contribution is 7.98. The molecule has 1 rings (SSSR count). The molecule has 0 saturated carbocycles. The number of rotatable bonds is 6. The maximum atomic E-state index is 13.2. The summed E-state index contributed by atoms with van der Waals surface area (Å²) in [4.78, 5) is -0.134. The van der Waals surface area contributed by atoms with Crippen LogP contribution >= 0.6 is 11.8 Å². The van der Waals surface area contributed by atoms with Crippen LogP contribution in [0.25, 0.3) is 0 Å². The van der Waals surface area contributed by atoms with Crippen LogP contribution in [0.5, 0.6) is 0 Å². The summed E-state index contributed by atoms with van der Waals surface area (Å²) in [6.07, 6.45) is 1.82. The lowest BCUT2D eigenvalue weighted by Crippen LogP contribution is -2.42. The van der Waals surface area contributed by atoms with Gasteiger partial charge in [0, 0.05) is 12.3 Å². The number of aryl methyl sites for hydroxylation is 1. The Balaban J connectivity index is 2.87. The van der Waals surface area contributed by atoms with Crippen molar-refractivity contribution in [1.29, 1.82) is 0 Å². The Kier molecular flexibility index (Phi) is 5.37. The summed E-state index contributed by atoms with van der Waals surface area (Å²) in [6, 6.07) is 3.59. The van der Waals surface area contributed by atoms with Gasteiger partial charge in [-0.05, 0) is 43.9 Å². The van der Waals surface area contributed by atoms with Crippen molar-refractivity contribution in [3.63, 3.8) is 0 Å². The van der Waals surface area contributed by atoms with Gasteiger partial charge in [0.05, 0.1) is 10.5 Å². The fourth-order valence-electron chi connectivity index (χ4n) is 1.55. The molecule has 0 spiro atoms. The van der Waals surface area contributed by atoms with Gasteiger partial charge in [0.15, 0.2) is 0 Å². The second-order valence-electron chi connectivity index (χ2n) is 4.72.